The number of hydrogen-bond donors (Lipinski definition) is 1. The van der Waals surface area contributed by atoms with Gasteiger partial charge < -0.3 is 10.2 Å². The van der Waals surface area contributed by atoms with Crippen molar-refractivity contribution in [2.45, 2.75) is 31.3 Å². The number of thioether (sulfide) groups is 1. The van der Waals surface area contributed by atoms with Gasteiger partial charge in [0.1, 0.15) is 0 Å². The van der Waals surface area contributed by atoms with Gasteiger partial charge in [0.25, 0.3) is 0 Å². The first kappa shape index (κ1) is 17.5. The molecular weight excluding hydrogens is 310 g/mol. The average molecular weight is 333 g/mol. The molecule has 1 aromatic rings. The molecule has 2 amide bonds. The lowest BCUT2D eigenvalue weighted by Gasteiger charge is -2.30. The number of carbonyl (C=O) groups is 2. The second-order valence-corrected chi connectivity index (χ2v) is 6.74. The molecule has 6 heteroatoms. The number of carbonyl (C=O) groups excluding carboxylic acids is 2. The molecule has 0 saturated carbocycles. The van der Waals surface area contributed by atoms with Gasteiger partial charge in [-0.15, -0.1) is 11.8 Å². The van der Waals surface area contributed by atoms with E-state index in [4.69, 9.17) is 0 Å². The predicted molar refractivity (Wildman–Crippen MR) is 92.0 cm³/mol. The van der Waals surface area contributed by atoms with Crippen LogP contribution >= 0.6 is 11.8 Å². The quantitative estimate of drug-likeness (QED) is 0.640. The van der Waals surface area contributed by atoms with Gasteiger partial charge in [0, 0.05) is 31.7 Å². The number of amides is 2. The Morgan fingerprint density at radius 3 is 2.87 bits per heavy atom. The Kier molecular flexibility index (Phi) is 6.65. The molecule has 0 aromatic carbocycles. The van der Waals surface area contributed by atoms with Gasteiger partial charge in [-0.1, -0.05) is 13.5 Å². The first-order valence-electron chi connectivity index (χ1n) is 7.90. The fraction of sp³-hybridized carbons (Fsp3) is 0.471. The standard InChI is InChI=1S/C17H23N3O2S/c1-3-16(21)20-9-6-14(7-10-20)17(22)19-12-13-5-8-18-15(11-13)23-4-2/h3,5,8,11,14H,1,4,6-7,9-10,12H2,2H3,(H,19,22). The van der Waals surface area contributed by atoms with Crippen LogP contribution in [-0.2, 0) is 16.1 Å². The van der Waals surface area contributed by atoms with E-state index < -0.39 is 0 Å². The molecule has 124 valence electrons. The zero-order valence-corrected chi connectivity index (χ0v) is 14.3. The van der Waals surface area contributed by atoms with E-state index in [2.05, 4.69) is 23.8 Å². The first-order valence-corrected chi connectivity index (χ1v) is 8.89. The Labute approximate surface area is 141 Å². The summed E-state index contributed by atoms with van der Waals surface area (Å²) in [5, 5.41) is 3.98. The van der Waals surface area contributed by atoms with Crippen LogP contribution in [0.2, 0.25) is 0 Å². The minimum atomic E-state index is -0.0541. The van der Waals surface area contributed by atoms with Gasteiger partial charge in [-0.3, -0.25) is 9.59 Å². The Balaban J connectivity index is 1.80. The number of pyridine rings is 1. The Hall–Kier alpha value is -1.82. The number of nitrogens with zero attached hydrogens (tertiary/aromatic N) is 2. The molecule has 2 heterocycles. The third-order valence-electron chi connectivity index (χ3n) is 3.91. The van der Waals surface area contributed by atoms with Gasteiger partial charge >= 0.3 is 0 Å². The highest BCUT2D eigenvalue weighted by Crippen LogP contribution is 2.18. The molecule has 1 aliphatic rings. The van der Waals surface area contributed by atoms with Gasteiger partial charge in [0.2, 0.25) is 11.8 Å². The van der Waals surface area contributed by atoms with Crippen molar-refractivity contribution in [2.24, 2.45) is 5.92 Å². The summed E-state index contributed by atoms with van der Waals surface area (Å²) >= 11 is 1.69. The summed E-state index contributed by atoms with van der Waals surface area (Å²) < 4.78 is 0. The van der Waals surface area contributed by atoms with E-state index in [0.717, 1.165) is 16.3 Å². The highest BCUT2D eigenvalue weighted by Gasteiger charge is 2.26. The smallest absolute Gasteiger partial charge is 0.245 e. The fourth-order valence-corrected chi connectivity index (χ4v) is 3.28. The summed E-state index contributed by atoms with van der Waals surface area (Å²) in [5.74, 6) is 0.971. The molecule has 1 aliphatic heterocycles. The number of piperidine rings is 1. The van der Waals surface area contributed by atoms with Crippen LogP contribution in [0.1, 0.15) is 25.3 Å². The second kappa shape index (κ2) is 8.72. The van der Waals surface area contributed by atoms with E-state index in [-0.39, 0.29) is 17.7 Å². The third kappa shape index (κ3) is 5.10. The van der Waals surface area contributed by atoms with Gasteiger partial charge in [-0.2, -0.15) is 0 Å². The highest BCUT2D eigenvalue weighted by atomic mass is 32.2. The largest absolute Gasteiger partial charge is 0.352 e. The predicted octanol–water partition coefficient (Wildman–Crippen LogP) is 2.23. The van der Waals surface area contributed by atoms with Crippen LogP contribution in [-0.4, -0.2) is 40.5 Å². The zero-order valence-electron chi connectivity index (χ0n) is 13.5. The monoisotopic (exact) mass is 333 g/mol. The van der Waals surface area contributed by atoms with E-state index in [1.807, 2.05) is 12.1 Å². The molecule has 1 saturated heterocycles. The minimum Gasteiger partial charge on any atom is -0.352 e. The van der Waals surface area contributed by atoms with E-state index >= 15 is 0 Å². The van der Waals surface area contributed by atoms with Crippen LogP contribution in [0.4, 0.5) is 0 Å². The summed E-state index contributed by atoms with van der Waals surface area (Å²) in [6.07, 6.45) is 4.52. The topological polar surface area (TPSA) is 62.3 Å². The molecule has 1 aromatic heterocycles. The summed E-state index contributed by atoms with van der Waals surface area (Å²) in [7, 11) is 0. The average Bonchev–Trinajstić information content (AvgIpc) is 2.60. The number of rotatable bonds is 6. The van der Waals surface area contributed by atoms with Gasteiger partial charge in [-0.05, 0) is 42.4 Å². The fourth-order valence-electron chi connectivity index (χ4n) is 2.61. The van der Waals surface area contributed by atoms with Gasteiger partial charge in [0.05, 0.1) is 5.03 Å². The number of likely N-dealkylation sites (tertiary alicyclic amines) is 1. The molecule has 0 spiro atoms. The molecule has 0 atom stereocenters. The normalized spacial score (nSPS) is 15.3. The molecule has 0 unspecified atom stereocenters. The first-order chi connectivity index (χ1) is 11.1. The van der Waals surface area contributed by atoms with E-state index in [0.29, 0.717) is 32.5 Å². The molecule has 1 fully saturated rings. The molecule has 2 rings (SSSR count). The molecule has 0 aliphatic carbocycles. The Morgan fingerprint density at radius 1 is 1.48 bits per heavy atom. The van der Waals surface area contributed by atoms with Crippen LogP contribution in [0.3, 0.4) is 0 Å². The lowest BCUT2D eigenvalue weighted by Crippen LogP contribution is -2.42. The van der Waals surface area contributed by atoms with Crippen molar-refractivity contribution >= 4 is 23.6 Å². The Morgan fingerprint density at radius 2 is 2.22 bits per heavy atom. The zero-order chi connectivity index (χ0) is 16.7. The summed E-state index contributed by atoms with van der Waals surface area (Å²) in [6, 6.07) is 3.94. The SMILES string of the molecule is C=CC(=O)N1CCC(C(=O)NCc2ccnc(SCC)c2)CC1. The molecule has 23 heavy (non-hydrogen) atoms. The van der Waals surface area contributed by atoms with E-state index in [1.54, 1.807) is 22.9 Å². The van der Waals surface area contributed by atoms with Crippen LogP contribution in [0.25, 0.3) is 0 Å². The van der Waals surface area contributed by atoms with E-state index in [9.17, 15) is 9.59 Å². The lowest BCUT2D eigenvalue weighted by atomic mass is 9.96. The molecule has 1 N–H and O–H groups in total. The van der Waals surface area contributed by atoms with Crippen molar-refractivity contribution in [3.8, 4) is 0 Å². The van der Waals surface area contributed by atoms with Crippen LogP contribution in [0, 0.1) is 5.92 Å². The van der Waals surface area contributed by atoms with Crippen LogP contribution < -0.4 is 5.32 Å². The maximum absolute atomic E-state index is 12.3. The minimum absolute atomic E-state index is 0.0183. The van der Waals surface area contributed by atoms with Crippen molar-refractivity contribution in [2.75, 3.05) is 18.8 Å². The maximum atomic E-state index is 12.3. The molecule has 5 nitrogen and oxygen atoms in total. The molecule has 0 bridgehead atoms. The van der Waals surface area contributed by atoms with Crippen molar-refractivity contribution in [1.82, 2.24) is 15.2 Å². The lowest BCUT2D eigenvalue weighted by molar-refractivity contribution is -0.132. The van der Waals surface area contributed by atoms with Crippen molar-refractivity contribution in [3.63, 3.8) is 0 Å². The van der Waals surface area contributed by atoms with Crippen molar-refractivity contribution < 1.29 is 9.59 Å². The summed E-state index contributed by atoms with van der Waals surface area (Å²) in [6.45, 7) is 7.34. The van der Waals surface area contributed by atoms with E-state index in [1.165, 1.54) is 6.08 Å². The third-order valence-corrected chi connectivity index (χ3v) is 4.72. The number of hydrogen-bond acceptors (Lipinski definition) is 4. The second-order valence-electron chi connectivity index (χ2n) is 5.46. The maximum Gasteiger partial charge on any atom is 0.245 e. The van der Waals surface area contributed by atoms with Crippen molar-refractivity contribution in [3.05, 3.63) is 36.5 Å². The number of nitrogens with one attached hydrogen (secondary N) is 1. The Bertz CT molecular complexity index is 569. The van der Waals surface area contributed by atoms with Crippen molar-refractivity contribution in [1.29, 1.82) is 0 Å². The molecular formula is C17H23N3O2S. The van der Waals surface area contributed by atoms with Crippen LogP contribution in [0.5, 0.6) is 0 Å². The molecule has 0 radical (unpaired) electrons. The van der Waals surface area contributed by atoms with Gasteiger partial charge in [0.15, 0.2) is 0 Å². The highest BCUT2D eigenvalue weighted by molar-refractivity contribution is 7.99. The summed E-state index contributed by atoms with van der Waals surface area (Å²) in [5.41, 5.74) is 1.06. The van der Waals surface area contributed by atoms with Gasteiger partial charge in [-0.25, -0.2) is 4.98 Å². The van der Waals surface area contributed by atoms with Crippen LogP contribution in [0.15, 0.2) is 36.0 Å². The number of aromatic nitrogens is 1. The summed E-state index contributed by atoms with van der Waals surface area (Å²) in [4.78, 5) is 29.8.